The van der Waals surface area contributed by atoms with Crippen molar-refractivity contribution in [3.05, 3.63) is 0 Å². The van der Waals surface area contributed by atoms with Crippen molar-refractivity contribution in [1.29, 1.82) is 0 Å². The van der Waals surface area contributed by atoms with Crippen LogP contribution in [0.1, 0.15) is 13.8 Å². The molecule has 9 heavy (non-hydrogen) atoms. The first-order chi connectivity index (χ1) is 3.85. The Labute approximate surface area is 56.2 Å². The Kier molecular flexibility index (Phi) is 2.64. The molecule has 0 fully saturated rings. The highest BCUT2D eigenvalue weighted by Gasteiger charge is 2.18. The van der Waals surface area contributed by atoms with Crippen molar-refractivity contribution in [2.24, 2.45) is 5.73 Å². The Bertz CT molecular complexity index is 171. The fourth-order valence-corrected chi connectivity index (χ4v) is 1.17. The maximum absolute atomic E-state index is 10.7. The van der Waals surface area contributed by atoms with Gasteiger partial charge in [-0.2, -0.15) is 0 Å². The van der Waals surface area contributed by atoms with Crippen LogP contribution in [0.15, 0.2) is 0 Å². The molecular weight excluding hydrogens is 138 g/mol. The molecule has 0 heterocycles. The van der Waals surface area contributed by atoms with Crippen molar-refractivity contribution in [3.8, 4) is 0 Å². The van der Waals surface area contributed by atoms with Crippen molar-refractivity contribution in [2.45, 2.75) is 25.1 Å². The molecule has 0 amide bonds. The molecule has 0 radical (unpaired) electrons. The molecular formula is C5H13NO2S. The molecule has 2 unspecified atom stereocenters. The molecule has 56 valence electrons. The summed E-state index contributed by atoms with van der Waals surface area (Å²) < 4.78 is 21.4. The van der Waals surface area contributed by atoms with Crippen molar-refractivity contribution in [3.63, 3.8) is 0 Å². The van der Waals surface area contributed by atoms with Gasteiger partial charge in [0.2, 0.25) is 0 Å². The number of hydrogen-bond donors (Lipinski definition) is 1. The maximum Gasteiger partial charge on any atom is 0.151 e. The lowest BCUT2D eigenvalue weighted by Crippen LogP contribution is -2.34. The molecule has 0 aliphatic heterocycles. The molecule has 0 rings (SSSR count). The van der Waals surface area contributed by atoms with Crippen LogP contribution in [0.4, 0.5) is 0 Å². The Morgan fingerprint density at radius 1 is 1.33 bits per heavy atom. The summed E-state index contributed by atoms with van der Waals surface area (Å²) in [6.07, 6.45) is 1.20. The van der Waals surface area contributed by atoms with E-state index in [1.54, 1.807) is 13.8 Å². The van der Waals surface area contributed by atoms with E-state index in [0.717, 1.165) is 0 Å². The van der Waals surface area contributed by atoms with Crippen LogP contribution in [0.25, 0.3) is 0 Å². The Hall–Kier alpha value is -0.0900. The minimum absolute atomic E-state index is 0.278. The van der Waals surface area contributed by atoms with Crippen LogP contribution in [-0.2, 0) is 9.84 Å². The van der Waals surface area contributed by atoms with Crippen LogP contribution >= 0.6 is 0 Å². The zero-order valence-corrected chi connectivity index (χ0v) is 6.77. The first kappa shape index (κ1) is 8.91. The zero-order valence-electron chi connectivity index (χ0n) is 5.96. The normalized spacial score (nSPS) is 19.1. The lowest BCUT2D eigenvalue weighted by atomic mass is 10.3. The molecule has 0 aromatic rings. The molecule has 0 bridgehead atoms. The predicted molar refractivity (Wildman–Crippen MR) is 38.0 cm³/mol. The smallest absolute Gasteiger partial charge is 0.151 e. The third-order valence-corrected chi connectivity index (χ3v) is 3.20. The van der Waals surface area contributed by atoms with Gasteiger partial charge in [0, 0.05) is 12.3 Å². The van der Waals surface area contributed by atoms with Gasteiger partial charge in [0.15, 0.2) is 9.84 Å². The molecule has 2 atom stereocenters. The first-order valence-corrected chi connectivity index (χ1v) is 4.75. The molecule has 3 nitrogen and oxygen atoms in total. The SMILES string of the molecule is CC(N)C(C)S(C)(=O)=O. The number of sulfone groups is 1. The van der Waals surface area contributed by atoms with E-state index >= 15 is 0 Å². The van der Waals surface area contributed by atoms with Crippen LogP contribution in [-0.4, -0.2) is 26.0 Å². The van der Waals surface area contributed by atoms with Gasteiger partial charge in [0.05, 0.1) is 5.25 Å². The standard InChI is InChI=1S/C5H13NO2S/c1-4(6)5(2)9(3,7)8/h4-5H,6H2,1-3H3. The Morgan fingerprint density at radius 3 is 1.67 bits per heavy atom. The first-order valence-electron chi connectivity index (χ1n) is 2.80. The van der Waals surface area contributed by atoms with Crippen molar-refractivity contribution >= 4 is 9.84 Å². The third kappa shape index (κ3) is 2.81. The molecule has 4 heteroatoms. The van der Waals surface area contributed by atoms with Crippen LogP contribution in [0.5, 0.6) is 0 Å². The van der Waals surface area contributed by atoms with E-state index in [4.69, 9.17) is 5.73 Å². The highest BCUT2D eigenvalue weighted by Crippen LogP contribution is 2.00. The van der Waals surface area contributed by atoms with Gasteiger partial charge in [-0.1, -0.05) is 0 Å². The number of nitrogens with two attached hydrogens (primary N) is 1. The molecule has 2 N–H and O–H groups in total. The maximum atomic E-state index is 10.7. The number of hydrogen-bond acceptors (Lipinski definition) is 3. The molecule has 0 aliphatic carbocycles. The average molecular weight is 151 g/mol. The lowest BCUT2D eigenvalue weighted by Gasteiger charge is -2.11. The molecule has 0 spiro atoms. The van der Waals surface area contributed by atoms with Gasteiger partial charge in [0.1, 0.15) is 0 Å². The van der Waals surface area contributed by atoms with Crippen molar-refractivity contribution in [1.82, 2.24) is 0 Å². The molecule has 0 aromatic heterocycles. The topological polar surface area (TPSA) is 60.2 Å². The summed E-state index contributed by atoms with van der Waals surface area (Å²) in [5, 5.41) is -0.433. The van der Waals surface area contributed by atoms with Gasteiger partial charge in [-0.15, -0.1) is 0 Å². The average Bonchev–Trinajstić information content (AvgIpc) is 1.62. The predicted octanol–water partition coefficient (Wildman–Crippen LogP) is -0.233. The van der Waals surface area contributed by atoms with E-state index in [0.29, 0.717) is 0 Å². The summed E-state index contributed by atoms with van der Waals surface area (Å²) in [5.74, 6) is 0. The van der Waals surface area contributed by atoms with E-state index < -0.39 is 15.1 Å². The lowest BCUT2D eigenvalue weighted by molar-refractivity contribution is 0.574. The second kappa shape index (κ2) is 2.66. The van der Waals surface area contributed by atoms with E-state index in [1.807, 2.05) is 0 Å². The third-order valence-electron chi connectivity index (χ3n) is 1.42. The van der Waals surface area contributed by atoms with Gasteiger partial charge in [0.25, 0.3) is 0 Å². The van der Waals surface area contributed by atoms with Gasteiger partial charge in [-0.3, -0.25) is 0 Å². The second-order valence-electron chi connectivity index (χ2n) is 2.39. The molecule has 0 saturated carbocycles. The van der Waals surface area contributed by atoms with Gasteiger partial charge in [-0.25, -0.2) is 8.42 Å². The minimum atomic E-state index is -2.93. The van der Waals surface area contributed by atoms with E-state index in [2.05, 4.69) is 0 Å². The van der Waals surface area contributed by atoms with E-state index in [-0.39, 0.29) is 6.04 Å². The fraction of sp³-hybridized carbons (Fsp3) is 1.00. The zero-order chi connectivity index (χ0) is 7.65. The summed E-state index contributed by atoms with van der Waals surface area (Å²) >= 11 is 0. The van der Waals surface area contributed by atoms with Gasteiger partial charge in [-0.05, 0) is 13.8 Å². The Balaban J connectivity index is 4.24. The Morgan fingerprint density at radius 2 is 1.67 bits per heavy atom. The molecule has 0 aliphatic rings. The summed E-state index contributed by atoms with van der Waals surface area (Å²) in [7, 11) is -2.93. The minimum Gasteiger partial charge on any atom is -0.327 e. The van der Waals surface area contributed by atoms with Crippen LogP contribution in [0.2, 0.25) is 0 Å². The van der Waals surface area contributed by atoms with Crippen LogP contribution in [0.3, 0.4) is 0 Å². The van der Waals surface area contributed by atoms with Crippen LogP contribution < -0.4 is 5.73 Å². The fourth-order valence-electron chi connectivity index (χ4n) is 0.390. The highest BCUT2D eigenvalue weighted by atomic mass is 32.2. The second-order valence-corrected chi connectivity index (χ2v) is 4.80. The van der Waals surface area contributed by atoms with Crippen LogP contribution in [0, 0.1) is 0 Å². The van der Waals surface area contributed by atoms with E-state index in [1.165, 1.54) is 6.26 Å². The van der Waals surface area contributed by atoms with Crippen molar-refractivity contribution in [2.75, 3.05) is 6.26 Å². The highest BCUT2D eigenvalue weighted by molar-refractivity contribution is 7.91. The summed E-state index contributed by atoms with van der Waals surface area (Å²) in [6.45, 7) is 3.30. The number of rotatable bonds is 2. The summed E-state index contributed by atoms with van der Waals surface area (Å²) in [6, 6.07) is -0.278. The summed E-state index contributed by atoms with van der Waals surface area (Å²) in [4.78, 5) is 0. The largest absolute Gasteiger partial charge is 0.327 e. The van der Waals surface area contributed by atoms with E-state index in [9.17, 15) is 8.42 Å². The van der Waals surface area contributed by atoms with Crippen molar-refractivity contribution < 1.29 is 8.42 Å². The van der Waals surface area contributed by atoms with Gasteiger partial charge >= 0.3 is 0 Å². The summed E-state index contributed by atoms with van der Waals surface area (Å²) in [5.41, 5.74) is 5.34. The monoisotopic (exact) mass is 151 g/mol. The molecule has 0 aromatic carbocycles. The van der Waals surface area contributed by atoms with Gasteiger partial charge < -0.3 is 5.73 Å². The quantitative estimate of drug-likeness (QED) is 0.593. The molecule has 0 saturated heterocycles.